The van der Waals surface area contributed by atoms with Crippen LogP contribution in [-0.2, 0) is 6.54 Å². The summed E-state index contributed by atoms with van der Waals surface area (Å²) in [5.74, 6) is 6.58. The molecule has 10 heteroatoms. The standard InChI is InChI=1S/C28H25ClN6O3/c1-16-19(13-31-17(2)23(16)38-3)15-34-14-18(22-24(29)32-28(30)33-25(22)34)9-5-4-8-12-35-26(36)20-10-6-7-11-21(20)27(35)37/h6-7,10-11,13-14H,4,8,12,15H2,1-3H3,(H2,30,32,33). The molecule has 0 atom stereocenters. The normalized spacial score (nSPS) is 12.6. The van der Waals surface area contributed by atoms with E-state index in [2.05, 4.69) is 26.8 Å². The number of fused-ring (bicyclic) bond motifs is 2. The van der Waals surface area contributed by atoms with E-state index < -0.39 is 0 Å². The predicted octanol–water partition coefficient (Wildman–Crippen LogP) is 4.16. The van der Waals surface area contributed by atoms with Gasteiger partial charge in [0.05, 0.1) is 41.4 Å². The fourth-order valence-corrected chi connectivity index (χ4v) is 4.96. The Labute approximate surface area is 224 Å². The van der Waals surface area contributed by atoms with Crippen LogP contribution in [0.25, 0.3) is 11.0 Å². The monoisotopic (exact) mass is 528 g/mol. The highest BCUT2D eigenvalue weighted by molar-refractivity contribution is 6.34. The van der Waals surface area contributed by atoms with Gasteiger partial charge in [0.15, 0.2) is 0 Å². The number of halogens is 1. The SMILES string of the molecule is COc1c(C)ncc(Cn2cc(C#CCCCN3C(=O)c4ccccc4C3=O)c3c(Cl)nc(N)nc32)c1C. The van der Waals surface area contributed by atoms with Gasteiger partial charge in [-0.25, -0.2) is 4.98 Å². The zero-order valence-electron chi connectivity index (χ0n) is 21.2. The number of rotatable bonds is 6. The van der Waals surface area contributed by atoms with Gasteiger partial charge >= 0.3 is 0 Å². The number of benzene rings is 1. The molecule has 0 fully saturated rings. The number of unbranched alkanes of at least 4 members (excludes halogenated alkanes) is 1. The van der Waals surface area contributed by atoms with Gasteiger partial charge in [-0.15, -0.1) is 0 Å². The zero-order valence-corrected chi connectivity index (χ0v) is 22.0. The molecule has 3 aromatic heterocycles. The van der Waals surface area contributed by atoms with Crippen LogP contribution in [0.1, 0.15) is 55.9 Å². The van der Waals surface area contributed by atoms with E-state index in [-0.39, 0.29) is 22.9 Å². The molecule has 5 rings (SSSR count). The van der Waals surface area contributed by atoms with E-state index in [0.29, 0.717) is 53.7 Å². The van der Waals surface area contributed by atoms with Crippen molar-refractivity contribution in [2.45, 2.75) is 33.2 Å². The highest BCUT2D eigenvalue weighted by Gasteiger charge is 2.34. The summed E-state index contributed by atoms with van der Waals surface area (Å²) in [6, 6.07) is 6.86. The molecule has 192 valence electrons. The first-order valence-corrected chi connectivity index (χ1v) is 12.4. The first-order chi connectivity index (χ1) is 18.3. The van der Waals surface area contributed by atoms with Crippen LogP contribution < -0.4 is 10.5 Å². The highest BCUT2D eigenvalue weighted by Crippen LogP contribution is 2.29. The van der Waals surface area contributed by atoms with Gasteiger partial charge in [0.25, 0.3) is 11.8 Å². The number of hydrogen-bond donors (Lipinski definition) is 1. The molecule has 4 heterocycles. The molecule has 2 N–H and O–H groups in total. The third-order valence-corrected chi connectivity index (χ3v) is 6.86. The van der Waals surface area contributed by atoms with E-state index in [1.165, 1.54) is 4.90 Å². The smallest absolute Gasteiger partial charge is 0.261 e. The Morgan fingerprint density at radius 1 is 1.11 bits per heavy atom. The van der Waals surface area contributed by atoms with Gasteiger partial charge in [-0.3, -0.25) is 19.5 Å². The molecule has 9 nitrogen and oxygen atoms in total. The summed E-state index contributed by atoms with van der Waals surface area (Å²) in [6.45, 7) is 4.64. The Morgan fingerprint density at radius 3 is 2.50 bits per heavy atom. The number of imide groups is 1. The third kappa shape index (κ3) is 4.44. The number of aromatic nitrogens is 4. The maximum Gasteiger partial charge on any atom is 0.261 e. The number of aryl methyl sites for hydroxylation is 1. The number of anilines is 1. The van der Waals surface area contributed by atoms with E-state index in [1.807, 2.05) is 30.8 Å². The molecule has 38 heavy (non-hydrogen) atoms. The largest absolute Gasteiger partial charge is 0.495 e. The number of ether oxygens (including phenoxy) is 1. The summed E-state index contributed by atoms with van der Waals surface area (Å²) >= 11 is 6.46. The Morgan fingerprint density at radius 2 is 1.82 bits per heavy atom. The fourth-order valence-electron chi connectivity index (χ4n) is 4.69. The number of carbonyl (C=O) groups is 2. The number of pyridine rings is 1. The number of hydrogen-bond acceptors (Lipinski definition) is 7. The minimum absolute atomic E-state index is 0.0682. The lowest BCUT2D eigenvalue weighted by atomic mass is 10.1. The van der Waals surface area contributed by atoms with Crippen molar-refractivity contribution >= 4 is 40.4 Å². The van der Waals surface area contributed by atoms with Gasteiger partial charge < -0.3 is 15.0 Å². The number of amides is 2. The van der Waals surface area contributed by atoms with Crippen LogP contribution >= 0.6 is 11.6 Å². The minimum atomic E-state index is -0.263. The second-order valence-corrected chi connectivity index (χ2v) is 9.34. The second-order valence-electron chi connectivity index (χ2n) is 8.98. The Bertz CT molecular complexity index is 1630. The van der Waals surface area contributed by atoms with E-state index >= 15 is 0 Å². The van der Waals surface area contributed by atoms with Crippen LogP contribution in [0, 0.1) is 25.7 Å². The molecule has 1 aliphatic rings. The van der Waals surface area contributed by atoms with Gasteiger partial charge in [0.2, 0.25) is 5.95 Å². The second kappa shape index (κ2) is 10.1. The van der Waals surface area contributed by atoms with Crippen LogP contribution in [0.3, 0.4) is 0 Å². The summed E-state index contributed by atoms with van der Waals surface area (Å²) in [4.78, 5) is 39.4. The van der Waals surface area contributed by atoms with Gasteiger partial charge in [0, 0.05) is 25.4 Å². The molecule has 0 spiro atoms. The molecule has 0 bridgehead atoms. The Balaban J connectivity index is 1.36. The summed E-state index contributed by atoms with van der Waals surface area (Å²) in [7, 11) is 1.63. The van der Waals surface area contributed by atoms with Gasteiger partial charge in [0.1, 0.15) is 16.5 Å². The van der Waals surface area contributed by atoms with Crippen LogP contribution in [-0.4, -0.2) is 49.9 Å². The van der Waals surface area contributed by atoms with Crippen LogP contribution in [0.5, 0.6) is 5.75 Å². The molecule has 0 saturated carbocycles. The molecule has 0 radical (unpaired) electrons. The molecule has 0 aliphatic carbocycles. The lowest BCUT2D eigenvalue weighted by molar-refractivity contribution is 0.0653. The van der Waals surface area contributed by atoms with Crippen molar-refractivity contribution in [1.29, 1.82) is 0 Å². The van der Waals surface area contributed by atoms with Crippen molar-refractivity contribution in [3.8, 4) is 17.6 Å². The third-order valence-electron chi connectivity index (χ3n) is 6.58. The summed E-state index contributed by atoms with van der Waals surface area (Å²) in [5.41, 5.74) is 10.8. The lowest BCUT2D eigenvalue weighted by Crippen LogP contribution is -2.30. The van der Waals surface area contributed by atoms with Crippen LogP contribution in [0.15, 0.2) is 36.7 Å². The predicted molar refractivity (Wildman–Crippen MR) is 144 cm³/mol. The van der Waals surface area contributed by atoms with Crippen molar-refractivity contribution in [1.82, 2.24) is 24.4 Å². The molecule has 0 unspecified atom stereocenters. The van der Waals surface area contributed by atoms with Crippen LogP contribution in [0.4, 0.5) is 5.95 Å². The van der Waals surface area contributed by atoms with Crippen LogP contribution in [0.2, 0.25) is 5.15 Å². The molecule has 4 aromatic rings. The first-order valence-electron chi connectivity index (χ1n) is 12.0. The molecular formula is C28H25ClN6O3. The molecular weight excluding hydrogens is 504 g/mol. The van der Waals surface area contributed by atoms with E-state index in [4.69, 9.17) is 22.1 Å². The van der Waals surface area contributed by atoms with E-state index in [9.17, 15) is 9.59 Å². The number of nitrogen functional groups attached to an aromatic ring is 1. The van der Waals surface area contributed by atoms with Gasteiger partial charge in [-0.05, 0) is 43.5 Å². The maximum absolute atomic E-state index is 12.6. The average molecular weight is 529 g/mol. The maximum atomic E-state index is 12.6. The van der Waals surface area contributed by atoms with Crippen molar-refractivity contribution in [2.75, 3.05) is 19.4 Å². The minimum Gasteiger partial charge on any atom is -0.495 e. The topological polar surface area (TPSA) is 116 Å². The summed E-state index contributed by atoms with van der Waals surface area (Å²) in [6.07, 6.45) is 4.71. The average Bonchev–Trinajstić information content (AvgIpc) is 3.35. The van der Waals surface area contributed by atoms with E-state index in [1.54, 1.807) is 31.4 Å². The zero-order chi connectivity index (χ0) is 27.0. The van der Waals surface area contributed by atoms with Crippen molar-refractivity contribution < 1.29 is 14.3 Å². The molecule has 2 amide bonds. The van der Waals surface area contributed by atoms with E-state index in [0.717, 1.165) is 22.6 Å². The van der Waals surface area contributed by atoms with Gasteiger partial charge in [-0.2, -0.15) is 4.98 Å². The number of methoxy groups -OCH3 is 1. The Kier molecular flexibility index (Phi) is 6.74. The number of carbonyl (C=O) groups excluding carboxylic acids is 2. The number of nitrogens with zero attached hydrogens (tertiary/aromatic N) is 5. The first kappa shape index (κ1) is 25.2. The fraction of sp³-hybridized carbons (Fsp3) is 0.250. The number of nitrogens with two attached hydrogens (primary N) is 1. The van der Waals surface area contributed by atoms with Crippen molar-refractivity contribution in [2.24, 2.45) is 0 Å². The van der Waals surface area contributed by atoms with Crippen molar-refractivity contribution in [3.63, 3.8) is 0 Å². The quantitative estimate of drug-likeness (QED) is 0.173. The molecule has 1 aromatic carbocycles. The molecule has 1 aliphatic heterocycles. The Hall–Kier alpha value is -4.42. The van der Waals surface area contributed by atoms with Crippen molar-refractivity contribution in [3.05, 3.63) is 75.3 Å². The molecule has 0 saturated heterocycles. The summed E-state index contributed by atoms with van der Waals surface area (Å²) in [5, 5.41) is 0.830. The van der Waals surface area contributed by atoms with Gasteiger partial charge in [-0.1, -0.05) is 35.6 Å². The summed E-state index contributed by atoms with van der Waals surface area (Å²) < 4.78 is 7.44. The highest BCUT2D eigenvalue weighted by atomic mass is 35.5. The lowest BCUT2D eigenvalue weighted by Gasteiger charge is -2.13.